The Morgan fingerprint density at radius 3 is 2.30 bits per heavy atom. The van der Waals surface area contributed by atoms with Gasteiger partial charge in [0.2, 0.25) is 0 Å². The minimum atomic E-state index is -0.322. The van der Waals surface area contributed by atoms with Gasteiger partial charge in [0.1, 0.15) is 5.82 Å². The van der Waals surface area contributed by atoms with Crippen LogP contribution in [-0.4, -0.2) is 56.2 Å². The molecule has 0 aliphatic carbocycles. The average molecular weight is 373 g/mol. The number of anilines is 1. The molecule has 1 aliphatic rings. The monoisotopic (exact) mass is 373 g/mol. The molecule has 0 spiro atoms. The highest BCUT2D eigenvalue weighted by atomic mass is 19.1. The zero-order valence-corrected chi connectivity index (χ0v) is 15.6. The Labute approximate surface area is 158 Å². The number of benzene rings is 2. The quantitative estimate of drug-likeness (QED) is 0.875. The highest BCUT2D eigenvalue weighted by Crippen LogP contribution is 2.28. The summed E-state index contributed by atoms with van der Waals surface area (Å²) in [4.78, 5) is 16.4. The number of carbonyl (C=O) groups excluding carboxylic acids is 1. The van der Waals surface area contributed by atoms with E-state index in [2.05, 4.69) is 10.2 Å². The lowest BCUT2D eigenvalue weighted by Crippen LogP contribution is -2.49. The topological polar surface area (TPSA) is 54.0 Å². The molecule has 1 saturated heterocycles. The lowest BCUT2D eigenvalue weighted by atomic mass is 10.1. The zero-order valence-electron chi connectivity index (χ0n) is 15.6. The van der Waals surface area contributed by atoms with Crippen LogP contribution in [-0.2, 0) is 6.54 Å². The minimum absolute atomic E-state index is 0.160. The Morgan fingerprint density at radius 1 is 1.00 bits per heavy atom. The standard InChI is InChI=1S/C20H24FN3O3/c1-26-18-8-3-15(13-19(18)27-2)14-23-9-11-24(12-10-23)20(25)22-17-6-4-16(21)5-7-17/h3-8,13H,9-12,14H2,1-2H3,(H,22,25). The van der Waals surface area contributed by atoms with E-state index in [-0.39, 0.29) is 11.8 Å². The van der Waals surface area contributed by atoms with Gasteiger partial charge in [0, 0.05) is 38.4 Å². The molecule has 2 aromatic carbocycles. The van der Waals surface area contributed by atoms with Gasteiger partial charge in [-0.3, -0.25) is 4.90 Å². The van der Waals surface area contributed by atoms with Gasteiger partial charge in [-0.1, -0.05) is 6.07 Å². The van der Waals surface area contributed by atoms with Crippen LogP contribution in [0.15, 0.2) is 42.5 Å². The van der Waals surface area contributed by atoms with Crippen molar-refractivity contribution in [2.45, 2.75) is 6.54 Å². The summed E-state index contributed by atoms with van der Waals surface area (Å²) < 4.78 is 23.6. The first kappa shape index (κ1) is 19.0. The Balaban J connectivity index is 1.51. The summed E-state index contributed by atoms with van der Waals surface area (Å²) in [6.07, 6.45) is 0. The predicted octanol–water partition coefficient (Wildman–Crippen LogP) is 3.19. The maximum absolute atomic E-state index is 12.9. The first-order chi connectivity index (χ1) is 13.1. The molecule has 7 heteroatoms. The van der Waals surface area contributed by atoms with E-state index in [1.165, 1.54) is 12.1 Å². The number of amides is 2. The lowest BCUT2D eigenvalue weighted by molar-refractivity contribution is 0.143. The van der Waals surface area contributed by atoms with Crippen LogP contribution in [0, 0.1) is 5.82 Å². The van der Waals surface area contributed by atoms with E-state index < -0.39 is 0 Å². The molecule has 1 fully saturated rings. The van der Waals surface area contributed by atoms with Crippen molar-refractivity contribution in [2.75, 3.05) is 45.7 Å². The van der Waals surface area contributed by atoms with E-state index in [0.717, 1.165) is 25.2 Å². The van der Waals surface area contributed by atoms with Crippen LogP contribution in [0.5, 0.6) is 11.5 Å². The number of piperazine rings is 1. The molecule has 2 aromatic rings. The second kappa shape index (κ2) is 8.73. The van der Waals surface area contributed by atoms with Crippen molar-refractivity contribution in [2.24, 2.45) is 0 Å². The minimum Gasteiger partial charge on any atom is -0.493 e. The number of nitrogens with zero attached hydrogens (tertiary/aromatic N) is 2. The number of methoxy groups -OCH3 is 2. The van der Waals surface area contributed by atoms with Crippen LogP contribution in [0.4, 0.5) is 14.9 Å². The summed E-state index contributed by atoms with van der Waals surface area (Å²) in [6, 6.07) is 11.5. The fourth-order valence-electron chi connectivity index (χ4n) is 3.08. The average Bonchev–Trinajstić information content (AvgIpc) is 2.70. The summed E-state index contributed by atoms with van der Waals surface area (Å²) in [6.45, 7) is 3.63. The SMILES string of the molecule is COc1ccc(CN2CCN(C(=O)Nc3ccc(F)cc3)CC2)cc1OC. The molecule has 0 aromatic heterocycles. The van der Waals surface area contributed by atoms with Gasteiger partial charge >= 0.3 is 6.03 Å². The Kier molecular flexibility index (Phi) is 6.13. The Bertz CT molecular complexity index is 775. The Morgan fingerprint density at radius 2 is 1.67 bits per heavy atom. The van der Waals surface area contributed by atoms with Gasteiger partial charge < -0.3 is 19.7 Å². The molecule has 144 valence electrons. The van der Waals surface area contributed by atoms with Crippen LogP contribution < -0.4 is 14.8 Å². The molecule has 0 atom stereocenters. The predicted molar refractivity (Wildman–Crippen MR) is 102 cm³/mol. The summed E-state index contributed by atoms with van der Waals surface area (Å²) >= 11 is 0. The van der Waals surface area contributed by atoms with Gasteiger partial charge in [-0.25, -0.2) is 9.18 Å². The highest BCUT2D eigenvalue weighted by molar-refractivity contribution is 5.89. The third-order valence-corrected chi connectivity index (χ3v) is 4.61. The van der Waals surface area contributed by atoms with Gasteiger partial charge in [0.25, 0.3) is 0 Å². The largest absolute Gasteiger partial charge is 0.493 e. The third kappa shape index (κ3) is 4.89. The molecule has 27 heavy (non-hydrogen) atoms. The van der Waals surface area contributed by atoms with E-state index >= 15 is 0 Å². The van der Waals surface area contributed by atoms with Gasteiger partial charge in [0.05, 0.1) is 14.2 Å². The maximum Gasteiger partial charge on any atom is 0.321 e. The van der Waals surface area contributed by atoms with Crippen LogP contribution in [0.1, 0.15) is 5.56 Å². The molecular weight excluding hydrogens is 349 g/mol. The second-order valence-electron chi connectivity index (χ2n) is 6.39. The molecule has 0 unspecified atom stereocenters. The molecule has 6 nitrogen and oxygen atoms in total. The number of nitrogens with one attached hydrogen (secondary N) is 1. The fourth-order valence-corrected chi connectivity index (χ4v) is 3.08. The molecule has 2 amide bonds. The van der Waals surface area contributed by atoms with Crippen molar-refractivity contribution in [3.05, 3.63) is 53.8 Å². The smallest absolute Gasteiger partial charge is 0.321 e. The summed E-state index contributed by atoms with van der Waals surface area (Å²) in [7, 11) is 3.24. The van der Waals surface area contributed by atoms with Crippen molar-refractivity contribution in [3.8, 4) is 11.5 Å². The number of hydrogen-bond donors (Lipinski definition) is 1. The van der Waals surface area contributed by atoms with Crippen molar-refractivity contribution < 1.29 is 18.7 Å². The number of ether oxygens (including phenoxy) is 2. The number of hydrogen-bond acceptors (Lipinski definition) is 4. The number of carbonyl (C=O) groups is 1. The summed E-state index contributed by atoms with van der Waals surface area (Å²) in [5.74, 6) is 1.10. The second-order valence-corrected chi connectivity index (χ2v) is 6.39. The van der Waals surface area contributed by atoms with Gasteiger partial charge in [-0.15, -0.1) is 0 Å². The number of rotatable bonds is 5. The van der Waals surface area contributed by atoms with E-state index in [1.54, 1.807) is 31.3 Å². The van der Waals surface area contributed by atoms with Crippen molar-refractivity contribution in [3.63, 3.8) is 0 Å². The lowest BCUT2D eigenvalue weighted by Gasteiger charge is -2.34. The molecule has 0 bridgehead atoms. The van der Waals surface area contributed by atoms with Crippen LogP contribution in [0.3, 0.4) is 0 Å². The highest BCUT2D eigenvalue weighted by Gasteiger charge is 2.21. The third-order valence-electron chi connectivity index (χ3n) is 4.61. The van der Waals surface area contributed by atoms with Gasteiger partial charge in [-0.05, 0) is 42.0 Å². The van der Waals surface area contributed by atoms with Crippen LogP contribution >= 0.6 is 0 Å². The van der Waals surface area contributed by atoms with E-state index in [4.69, 9.17) is 9.47 Å². The summed E-state index contributed by atoms with van der Waals surface area (Å²) in [5, 5.41) is 2.80. The van der Waals surface area contributed by atoms with Gasteiger partial charge in [0.15, 0.2) is 11.5 Å². The Hall–Kier alpha value is -2.80. The summed E-state index contributed by atoms with van der Waals surface area (Å²) in [5.41, 5.74) is 1.73. The first-order valence-corrected chi connectivity index (χ1v) is 8.84. The van der Waals surface area contributed by atoms with Crippen molar-refractivity contribution >= 4 is 11.7 Å². The van der Waals surface area contributed by atoms with E-state index in [1.807, 2.05) is 18.2 Å². The van der Waals surface area contributed by atoms with E-state index in [0.29, 0.717) is 30.3 Å². The molecule has 1 heterocycles. The first-order valence-electron chi connectivity index (χ1n) is 8.84. The fraction of sp³-hybridized carbons (Fsp3) is 0.350. The maximum atomic E-state index is 12.9. The molecule has 0 radical (unpaired) electrons. The van der Waals surface area contributed by atoms with E-state index in [9.17, 15) is 9.18 Å². The zero-order chi connectivity index (χ0) is 19.2. The molecule has 0 saturated carbocycles. The number of urea groups is 1. The molecule has 3 rings (SSSR count). The normalized spacial score (nSPS) is 14.7. The van der Waals surface area contributed by atoms with Crippen LogP contribution in [0.2, 0.25) is 0 Å². The molecular formula is C20H24FN3O3. The number of halogens is 1. The molecule has 1 aliphatic heterocycles. The van der Waals surface area contributed by atoms with Crippen molar-refractivity contribution in [1.82, 2.24) is 9.80 Å². The van der Waals surface area contributed by atoms with Crippen molar-refractivity contribution in [1.29, 1.82) is 0 Å². The van der Waals surface area contributed by atoms with Gasteiger partial charge in [-0.2, -0.15) is 0 Å². The molecule has 1 N–H and O–H groups in total. The van der Waals surface area contributed by atoms with Crippen LogP contribution in [0.25, 0.3) is 0 Å².